The van der Waals surface area contributed by atoms with Crippen molar-refractivity contribution in [3.8, 4) is 0 Å². The Morgan fingerprint density at radius 2 is 1.79 bits per heavy atom. The highest BCUT2D eigenvalue weighted by atomic mass is 16.4. The van der Waals surface area contributed by atoms with Gasteiger partial charge in [-0.05, 0) is 31.2 Å². The highest BCUT2D eigenvalue weighted by Crippen LogP contribution is 2.11. The van der Waals surface area contributed by atoms with Crippen molar-refractivity contribution in [3.63, 3.8) is 0 Å². The van der Waals surface area contributed by atoms with Crippen molar-refractivity contribution in [2.75, 3.05) is 10.6 Å². The summed E-state index contributed by atoms with van der Waals surface area (Å²) < 4.78 is 5.00. The van der Waals surface area contributed by atoms with Crippen LogP contribution in [0.2, 0.25) is 0 Å². The molecule has 1 aromatic carbocycles. The van der Waals surface area contributed by atoms with E-state index in [2.05, 4.69) is 20.8 Å². The van der Waals surface area contributed by atoms with E-state index in [1.807, 2.05) is 0 Å². The highest BCUT2D eigenvalue weighted by Gasteiger charge is 2.08. The van der Waals surface area contributed by atoms with Gasteiger partial charge in [-0.25, -0.2) is 4.79 Å². The van der Waals surface area contributed by atoms with Gasteiger partial charge in [0.05, 0.1) is 0 Å². The maximum Gasteiger partial charge on any atom is 0.327 e. The molecule has 2 amide bonds. The van der Waals surface area contributed by atoms with Crippen LogP contribution in [0, 0.1) is 6.92 Å². The molecule has 0 aliphatic rings. The lowest BCUT2D eigenvalue weighted by atomic mass is 10.1. The minimum absolute atomic E-state index is 0.0235. The quantitative estimate of drug-likeness (QED) is 0.825. The van der Waals surface area contributed by atoms with Crippen LogP contribution in [0.3, 0.4) is 0 Å². The van der Waals surface area contributed by atoms with Gasteiger partial charge in [-0.1, -0.05) is 5.10 Å². The Morgan fingerprint density at radius 1 is 1.11 bits per heavy atom. The predicted molar refractivity (Wildman–Crippen MR) is 68.1 cm³/mol. The van der Waals surface area contributed by atoms with Crippen LogP contribution in [0.15, 0.2) is 28.7 Å². The Labute approximate surface area is 109 Å². The van der Waals surface area contributed by atoms with Crippen molar-refractivity contribution < 1.29 is 14.0 Å². The highest BCUT2D eigenvalue weighted by molar-refractivity contribution is 5.99. The molecule has 0 unspecified atom stereocenters. The number of urea groups is 1. The van der Waals surface area contributed by atoms with Gasteiger partial charge in [-0.3, -0.25) is 10.1 Å². The Kier molecular flexibility index (Phi) is 3.56. The molecule has 0 atom stereocenters. The zero-order valence-corrected chi connectivity index (χ0v) is 10.4. The molecule has 0 saturated heterocycles. The van der Waals surface area contributed by atoms with E-state index in [0.717, 1.165) is 0 Å². The van der Waals surface area contributed by atoms with E-state index in [4.69, 9.17) is 4.42 Å². The summed E-state index contributed by atoms with van der Waals surface area (Å²) in [5, 5.41) is 12.2. The van der Waals surface area contributed by atoms with Crippen LogP contribution in [0.5, 0.6) is 0 Å². The first-order valence-electron chi connectivity index (χ1n) is 5.54. The molecule has 1 heterocycles. The van der Waals surface area contributed by atoms with Gasteiger partial charge in [0, 0.05) is 18.2 Å². The third-order valence-corrected chi connectivity index (χ3v) is 2.30. The van der Waals surface area contributed by atoms with Crippen molar-refractivity contribution in [3.05, 3.63) is 35.7 Å². The van der Waals surface area contributed by atoms with Crippen LogP contribution in [0.4, 0.5) is 16.5 Å². The third-order valence-electron chi connectivity index (χ3n) is 2.30. The number of aromatic nitrogens is 2. The Balaban J connectivity index is 1.97. The van der Waals surface area contributed by atoms with E-state index in [0.29, 0.717) is 17.1 Å². The largest absolute Gasteiger partial charge is 0.408 e. The molecule has 2 aromatic rings. The molecule has 0 spiro atoms. The third kappa shape index (κ3) is 3.38. The molecule has 2 N–H and O–H groups in total. The lowest BCUT2D eigenvalue weighted by Gasteiger charge is -2.04. The second-order valence-electron chi connectivity index (χ2n) is 3.84. The predicted octanol–water partition coefficient (Wildman–Crippen LogP) is 2.22. The summed E-state index contributed by atoms with van der Waals surface area (Å²) >= 11 is 0. The van der Waals surface area contributed by atoms with E-state index in [9.17, 15) is 9.59 Å². The minimum atomic E-state index is -0.501. The normalized spacial score (nSPS) is 10.0. The molecule has 0 radical (unpaired) electrons. The second-order valence-corrected chi connectivity index (χ2v) is 3.84. The van der Waals surface area contributed by atoms with Crippen LogP contribution < -0.4 is 10.6 Å². The minimum Gasteiger partial charge on any atom is -0.408 e. The molecule has 0 fully saturated rings. The molecule has 0 aliphatic carbocycles. The lowest BCUT2D eigenvalue weighted by molar-refractivity contribution is 0.101. The first kappa shape index (κ1) is 12.7. The van der Waals surface area contributed by atoms with E-state index in [-0.39, 0.29) is 11.8 Å². The average Bonchev–Trinajstić information content (AvgIpc) is 2.75. The van der Waals surface area contributed by atoms with Crippen molar-refractivity contribution in [1.29, 1.82) is 0 Å². The number of Topliss-reactive ketones (excluding diaryl/α,β-unsaturated/α-hetero) is 1. The number of ketones is 1. The Morgan fingerprint density at radius 3 is 2.32 bits per heavy atom. The van der Waals surface area contributed by atoms with Crippen LogP contribution in [0.1, 0.15) is 23.2 Å². The second kappa shape index (κ2) is 5.30. The van der Waals surface area contributed by atoms with Crippen molar-refractivity contribution in [2.24, 2.45) is 0 Å². The fourth-order valence-corrected chi connectivity index (χ4v) is 1.39. The molecule has 7 nitrogen and oxygen atoms in total. The number of carbonyl (C=O) groups is 2. The number of hydrogen-bond acceptors (Lipinski definition) is 5. The summed E-state index contributed by atoms with van der Waals surface area (Å²) in [6, 6.07) is 6.06. The van der Waals surface area contributed by atoms with Gasteiger partial charge in [0.1, 0.15) is 0 Å². The van der Waals surface area contributed by atoms with Gasteiger partial charge in [0.2, 0.25) is 5.89 Å². The summed E-state index contributed by atoms with van der Waals surface area (Å²) in [6.45, 7) is 3.10. The molecule has 98 valence electrons. The molecule has 0 bridgehead atoms. The first-order chi connectivity index (χ1) is 9.04. The monoisotopic (exact) mass is 260 g/mol. The standard InChI is InChI=1S/C12H12N4O3/c1-7(17)9-3-5-10(6-4-9)13-11(18)14-12-16-15-8(2)19-12/h3-6H,1-2H3,(H2,13,14,16,18). The van der Waals surface area contributed by atoms with Gasteiger partial charge >= 0.3 is 12.0 Å². The fraction of sp³-hybridized carbons (Fsp3) is 0.167. The summed E-state index contributed by atoms with van der Waals surface area (Å²) in [5.41, 5.74) is 1.14. The summed E-state index contributed by atoms with van der Waals surface area (Å²) in [4.78, 5) is 22.7. The molecule has 0 aliphatic heterocycles. The Hall–Kier alpha value is -2.70. The number of nitrogens with zero attached hydrogens (tertiary/aromatic N) is 2. The molecule has 19 heavy (non-hydrogen) atoms. The number of carbonyl (C=O) groups excluding carboxylic acids is 2. The number of rotatable bonds is 3. The van der Waals surface area contributed by atoms with Crippen molar-refractivity contribution in [2.45, 2.75) is 13.8 Å². The van der Waals surface area contributed by atoms with E-state index in [1.54, 1.807) is 31.2 Å². The lowest BCUT2D eigenvalue weighted by Crippen LogP contribution is -2.19. The molecular weight excluding hydrogens is 248 g/mol. The van der Waals surface area contributed by atoms with Gasteiger partial charge in [-0.15, -0.1) is 5.10 Å². The number of nitrogens with one attached hydrogen (secondary N) is 2. The van der Waals surface area contributed by atoms with Crippen molar-refractivity contribution >= 4 is 23.5 Å². The average molecular weight is 260 g/mol. The van der Waals surface area contributed by atoms with Gasteiger partial charge in [0.25, 0.3) is 0 Å². The summed E-state index contributed by atoms with van der Waals surface area (Å²) in [6.07, 6.45) is 0. The van der Waals surface area contributed by atoms with Gasteiger partial charge < -0.3 is 9.73 Å². The molecule has 0 saturated carbocycles. The number of amides is 2. The molecular formula is C12H12N4O3. The number of benzene rings is 1. The van der Waals surface area contributed by atoms with E-state index >= 15 is 0 Å². The van der Waals surface area contributed by atoms with Gasteiger partial charge in [-0.2, -0.15) is 0 Å². The fourth-order valence-electron chi connectivity index (χ4n) is 1.39. The van der Waals surface area contributed by atoms with Crippen LogP contribution in [0.25, 0.3) is 0 Å². The molecule has 2 rings (SSSR count). The van der Waals surface area contributed by atoms with E-state index in [1.165, 1.54) is 6.92 Å². The maximum absolute atomic E-state index is 11.6. The molecule has 1 aromatic heterocycles. The van der Waals surface area contributed by atoms with E-state index < -0.39 is 6.03 Å². The smallest absolute Gasteiger partial charge is 0.327 e. The first-order valence-corrected chi connectivity index (χ1v) is 5.54. The number of anilines is 2. The molecule has 7 heteroatoms. The number of aryl methyl sites for hydroxylation is 1. The summed E-state index contributed by atoms with van der Waals surface area (Å²) in [7, 11) is 0. The number of hydrogen-bond donors (Lipinski definition) is 2. The van der Waals surface area contributed by atoms with Crippen LogP contribution >= 0.6 is 0 Å². The van der Waals surface area contributed by atoms with Crippen LogP contribution in [-0.4, -0.2) is 22.0 Å². The van der Waals surface area contributed by atoms with Crippen molar-refractivity contribution in [1.82, 2.24) is 10.2 Å². The van der Waals surface area contributed by atoms with Crippen LogP contribution in [-0.2, 0) is 0 Å². The topological polar surface area (TPSA) is 97.1 Å². The zero-order valence-electron chi connectivity index (χ0n) is 10.4. The van der Waals surface area contributed by atoms with Gasteiger partial charge in [0.15, 0.2) is 5.78 Å². The maximum atomic E-state index is 11.6. The zero-order chi connectivity index (χ0) is 13.8. The Bertz CT molecular complexity index is 604. The SMILES string of the molecule is CC(=O)c1ccc(NC(=O)Nc2nnc(C)o2)cc1. The summed E-state index contributed by atoms with van der Waals surface area (Å²) in [5.74, 6) is 0.332.